The molecule has 0 spiro atoms. The van der Waals surface area contributed by atoms with Crippen molar-refractivity contribution in [1.82, 2.24) is 0 Å². The lowest BCUT2D eigenvalue weighted by Crippen LogP contribution is -1.97. The van der Waals surface area contributed by atoms with Gasteiger partial charge in [0.15, 0.2) is 11.6 Å². The van der Waals surface area contributed by atoms with Crippen LogP contribution in [-0.2, 0) is 6.42 Å². The van der Waals surface area contributed by atoms with E-state index in [0.717, 1.165) is 36.8 Å². The summed E-state index contributed by atoms with van der Waals surface area (Å²) in [7, 11) is 0. The zero-order valence-corrected chi connectivity index (χ0v) is 17.8. The molecule has 0 saturated heterocycles. The van der Waals surface area contributed by atoms with Gasteiger partial charge in [-0.3, -0.25) is 0 Å². The third kappa shape index (κ3) is 5.99. The summed E-state index contributed by atoms with van der Waals surface area (Å²) in [6.45, 7) is 5.50. The smallest absolute Gasteiger partial charge is 0.167 e. The first-order chi connectivity index (χ1) is 15.0. The lowest BCUT2D eigenvalue weighted by molar-refractivity contribution is 0.182. The molecule has 0 radical (unpaired) electrons. The third-order valence-electron chi connectivity index (χ3n) is 5.25. The molecule has 0 aliphatic rings. The molecule has 3 heteroatoms. The minimum atomic E-state index is -0.839. The Morgan fingerprint density at radius 2 is 1.42 bits per heavy atom. The maximum Gasteiger partial charge on any atom is 0.167 e. The van der Waals surface area contributed by atoms with E-state index in [1.165, 1.54) is 0 Å². The predicted octanol–water partition coefficient (Wildman–Crippen LogP) is 7.59. The lowest BCUT2D eigenvalue weighted by atomic mass is 9.97. The number of rotatable bonds is 9. The maximum absolute atomic E-state index is 14.9. The SMILES string of the molecule is C=CCc1ccc(-c2ccc(-c3ccc(C=CCCCC(C)O)cc3)c(F)c2F)cc1. The third-order valence-corrected chi connectivity index (χ3v) is 5.25. The molecule has 0 bridgehead atoms. The van der Waals surface area contributed by atoms with Crippen molar-refractivity contribution in [3.63, 3.8) is 0 Å². The van der Waals surface area contributed by atoms with E-state index in [4.69, 9.17) is 0 Å². The monoisotopic (exact) mass is 418 g/mol. The Bertz CT molecular complexity index is 1030. The summed E-state index contributed by atoms with van der Waals surface area (Å²) >= 11 is 0. The van der Waals surface area contributed by atoms with E-state index in [-0.39, 0.29) is 17.2 Å². The number of unbranched alkanes of at least 4 members (excludes halogenated alkanes) is 1. The van der Waals surface area contributed by atoms with Crippen molar-refractivity contribution in [2.45, 2.75) is 38.7 Å². The van der Waals surface area contributed by atoms with Crippen LogP contribution in [-0.4, -0.2) is 11.2 Å². The highest BCUT2D eigenvalue weighted by atomic mass is 19.2. The van der Waals surface area contributed by atoms with E-state index >= 15 is 0 Å². The standard InChI is InChI=1S/C28H28F2O/c1-3-7-21-10-14-23(15-11-21)25-18-19-26(28(30)27(25)29)24-16-12-22(13-17-24)9-6-4-5-8-20(2)31/h3,6,9-20,31H,1,4-5,7-8H2,2H3. The number of hydrogen-bond acceptors (Lipinski definition) is 1. The average Bonchev–Trinajstić information content (AvgIpc) is 2.77. The molecule has 1 unspecified atom stereocenters. The van der Waals surface area contributed by atoms with Crippen LogP contribution in [0.5, 0.6) is 0 Å². The summed E-state index contributed by atoms with van der Waals surface area (Å²) in [5, 5.41) is 9.28. The van der Waals surface area contributed by atoms with E-state index in [1.54, 1.807) is 43.3 Å². The molecule has 31 heavy (non-hydrogen) atoms. The first-order valence-electron chi connectivity index (χ1n) is 10.6. The molecule has 0 aromatic heterocycles. The van der Waals surface area contributed by atoms with Crippen molar-refractivity contribution in [3.8, 4) is 22.3 Å². The van der Waals surface area contributed by atoms with Gasteiger partial charge in [-0.05, 0) is 54.9 Å². The Balaban J connectivity index is 1.75. The van der Waals surface area contributed by atoms with Crippen molar-refractivity contribution in [2.75, 3.05) is 0 Å². The van der Waals surface area contributed by atoms with Gasteiger partial charge >= 0.3 is 0 Å². The quantitative estimate of drug-likeness (QED) is 0.280. The van der Waals surface area contributed by atoms with Crippen LogP contribution in [0.1, 0.15) is 37.3 Å². The number of halogens is 2. The second-order valence-electron chi connectivity index (χ2n) is 7.78. The lowest BCUT2D eigenvalue weighted by Gasteiger charge is -2.10. The molecule has 1 N–H and O–H groups in total. The molecule has 0 heterocycles. The summed E-state index contributed by atoms with van der Waals surface area (Å²) in [6.07, 6.45) is 8.94. The summed E-state index contributed by atoms with van der Waals surface area (Å²) < 4.78 is 29.7. The van der Waals surface area contributed by atoms with Gasteiger partial charge in [0.05, 0.1) is 6.10 Å². The molecule has 0 saturated carbocycles. The molecule has 3 rings (SSSR count). The first-order valence-corrected chi connectivity index (χ1v) is 10.6. The van der Waals surface area contributed by atoms with Gasteiger partial charge in [-0.2, -0.15) is 0 Å². The zero-order valence-electron chi connectivity index (χ0n) is 17.8. The summed E-state index contributed by atoms with van der Waals surface area (Å²) in [6, 6.07) is 18.1. The van der Waals surface area contributed by atoms with Crippen LogP contribution in [0.4, 0.5) is 8.78 Å². The zero-order chi connectivity index (χ0) is 22.2. The maximum atomic E-state index is 14.9. The Morgan fingerprint density at radius 3 is 1.94 bits per heavy atom. The second kappa shape index (κ2) is 10.8. The van der Waals surface area contributed by atoms with Gasteiger partial charge in [0, 0.05) is 11.1 Å². The highest BCUT2D eigenvalue weighted by Gasteiger charge is 2.16. The summed E-state index contributed by atoms with van der Waals surface area (Å²) in [5.74, 6) is -1.68. The van der Waals surface area contributed by atoms with Crippen LogP contribution >= 0.6 is 0 Å². The minimum Gasteiger partial charge on any atom is -0.393 e. The van der Waals surface area contributed by atoms with Crippen LogP contribution in [0.25, 0.3) is 28.3 Å². The molecule has 0 aliphatic heterocycles. The van der Waals surface area contributed by atoms with Crippen LogP contribution in [0, 0.1) is 11.6 Å². The molecule has 0 aliphatic carbocycles. The highest BCUT2D eigenvalue weighted by molar-refractivity contribution is 5.72. The Hall–Kier alpha value is -3.04. The molecule has 0 amide bonds. The topological polar surface area (TPSA) is 20.2 Å². The number of benzene rings is 3. The number of allylic oxidation sites excluding steroid dienone is 2. The second-order valence-corrected chi connectivity index (χ2v) is 7.78. The normalized spacial score (nSPS) is 12.3. The van der Waals surface area contributed by atoms with E-state index in [9.17, 15) is 13.9 Å². The van der Waals surface area contributed by atoms with E-state index in [2.05, 4.69) is 12.7 Å². The average molecular weight is 419 g/mol. The fourth-order valence-corrected chi connectivity index (χ4v) is 3.51. The van der Waals surface area contributed by atoms with Crippen molar-refractivity contribution in [3.05, 3.63) is 102 Å². The van der Waals surface area contributed by atoms with E-state index < -0.39 is 11.6 Å². The Kier molecular flexibility index (Phi) is 7.91. The molecular formula is C28H28F2O. The fourth-order valence-electron chi connectivity index (χ4n) is 3.51. The van der Waals surface area contributed by atoms with Crippen molar-refractivity contribution >= 4 is 6.08 Å². The van der Waals surface area contributed by atoms with E-state index in [1.807, 2.05) is 36.4 Å². The molecule has 1 atom stereocenters. The number of aliphatic hydroxyl groups excluding tert-OH is 1. The van der Waals surface area contributed by atoms with Crippen molar-refractivity contribution in [1.29, 1.82) is 0 Å². The first kappa shape index (κ1) is 22.6. The summed E-state index contributed by atoms with van der Waals surface area (Å²) in [4.78, 5) is 0. The van der Waals surface area contributed by atoms with Gasteiger partial charge in [0.25, 0.3) is 0 Å². The number of hydrogen-bond donors (Lipinski definition) is 1. The van der Waals surface area contributed by atoms with Crippen molar-refractivity contribution < 1.29 is 13.9 Å². The van der Waals surface area contributed by atoms with Crippen molar-refractivity contribution in [2.24, 2.45) is 0 Å². The Labute approximate surface area is 183 Å². The highest BCUT2D eigenvalue weighted by Crippen LogP contribution is 2.32. The minimum absolute atomic E-state index is 0.247. The Morgan fingerprint density at radius 1 is 0.871 bits per heavy atom. The molecule has 3 aromatic carbocycles. The van der Waals surface area contributed by atoms with Gasteiger partial charge in [0.2, 0.25) is 0 Å². The molecule has 0 fully saturated rings. The number of aliphatic hydroxyl groups is 1. The van der Waals surface area contributed by atoms with Gasteiger partial charge in [-0.1, -0.05) is 78.9 Å². The van der Waals surface area contributed by atoms with Crippen LogP contribution < -0.4 is 0 Å². The van der Waals surface area contributed by atoms with Crippen LogP contribution in [0.3, 0.4) is 0 Å². The van der Waals surface area contributed by atoms with Gasteiger partial charge in [-0.15, -0.1) is 6.58 Å². The van der Waals surface area contributed by atoms with Gasteiger partial charge < -0.3 is 5.11 Å². The van der Waals surface area contributed by atoms with Crippen LogP contribution in [0.2, 0.25) is 0 Å². The predicted molar refractivity (Wildman–Crippen MR) is 126 cm³/mol. The summed E-state index contributed by atoms with van der Waals surface area (Å²) in [5.41, 5.74) is 3.86. The fraction of sp³-hybridized carbons (Fsp3) is 0.214. The van der Waals surface area contributed by atoms with Crippen LogP contribution in [0.15, 0.2) is 79.4 Å². The van der Waals surface area contributed by atoms with Gasteiger partial charge in [0.1, 0.15) is 0 Å². The molecular weight excluding hydrogens is 390 g/mol. The van der Waals surface area contributed by atoms with E-state index in [0.29, 0.717) is 11.1 Å². The molecule has 160 valence electrons. The molecule has 1 nitrogen and oxygen atoms in total. The molecule has 3 aromatic rings. The largest absolute Gasteiger partial charge is 0.393 e. The van der Waals surface area contributed by atoms with Gasteiger partial charge in [-0.25, -0.2) is 8.78 Å².